The number of aromatic amines is 1. The number of nitrogens with zero attached hydrogens (tertiary/aromatic N) is 3. The zero-order valence-electron chi connectivity index (χ0n) is 21.3. The summed E-state index contributed by atoms with van der Waals surface area (Å²) < 4.78 is 4.76. The average molecular weight is 504 g/mol. The first-order valence-electron chi connectivity index (χ1n) is 12.9. The molecule has 3 aromatic rings. The van der Waals surface area contributed by atoms with Crippen LogP contribution in [0.2, 0.25) is 0 Å². The number of carbonyl (C=O) groups excluding carboxylic acids is 3. The number of esters is 1. The molecule has 9 heteroatoms. The largest absolute Gasteiger partial charge is 0.469 e. The molecule has 1 fully saturated rings. The summed E-state index contributed by atoms with van der Waals surface area (Å²) in [7, 11) is 3.01. The summed E-state index contributed by atoms with van der Waals surface area (Å²) in [6, 6.07) is 12.8. The van der Waals surface area contributed by atoms with E-state index in [9.17, 15) is 14.4 Å². The van der Waals surface area contributed by atoms with Crippen molar-refractivity contribution in [1.29, 1.82) is 0 Å². The van der Waals surface area contributed by atoms with Crippen molar-refractivity contribution in [3.8, 4) is 0 Å². The van der Waals surface area contributed by atoms with Crippen LogP contribution in [0.5, 0.6) is 0 Å². The van der Waals surface area contributed by atoms with E-state index in [4.69, 9.17) is 9.72 Å². The highest BCUT2D eigenvalue weighted by Crippen LogP contribution is 2.29. The van der Waals surface area contributed by atoms with E-state index in [0.717, 1.165) is 53.8 Å². The fraction of sp³-hybridized carbons (Fsp3) is 0.429. The van der Waals surface area contributed by atoms with Gasteiger partial charge in [0.15, 0.2) is 0 Å². The number of imidazole rings is 1. The molecular formula is C28H33N5O4. The first-order valence-corrected chi connectivity index (χ1v) is 12.9. The molecule has 2 amide bonds. The van der Waals surface area contributed by atoms with E-state index < -0.39 is 12.0 Å². The fourth-order valence-corrected chi connectivity index (χ4v) is 5.40. The predicted molar refractivity (Wildman–Crippen MR) is 140 cm³/mol. The number of carbonyl (C=O) groups is 3. The lowest BCUT2D eigenvalue weighted by Crippen LogP contribution is -2.41. The second-order valence-electron chi connectivity index (χ2n) is 9.97. The van der Waals surface area contributed by atoms with Gasteiger partial charge in [0, 0.05) is 30.9 Å². The normalized spacial score (nSPS) is 18.2. The van der Waals surface area contributed by atoms with Gasteiger partial charge in [-0.25, -0.2) is 4.98 Å². The number of ether oxygens (including phenoxy) is 1. The summed E-state index contributed by atoms with van der Waals surface area (Å²) in [6.07, 6.45) is 5.30. The average Bonchev–Trinajstić information content (AvgIpc) is 3.29. The third kappa shape index (κ3) is 5.30. The molecule has 0 bridgehead atoms. The SMILES string of the molecule is COC(=O)C[C@@H]1Nc2ccc(C(=O)N(Cc3nc4ccccc4[nH]3)C3CCCCC3)cc2CN(C)C1=O. The Morgan fingerprint density at radius 2 is 1.92 bits per heavy atom. The highest BCUT2D eigenvalue weighted by Gasteiger charge is 2.31. The first-order chi connectivity index (χ1) is 17.9. The number of H-pyrrole nitrogens is 1. The summed E-state index contributed by atoms with van der Waals surface area (Å²) in [5, 5.41) is 3.19. The van der Waals surface area contributed by atoms with E-state index in [0.29, 0.717) is 18.7 Å². The second-order valence-corrected chi connectivity index (χ2v) is 9.97. The molecule has 0 spiro atoms. The molecule has 194 valence electrons. The Morgan fingerprint density at radius 3 is 2.68 bits per heavy atom. The maximum Gasteiger partial charge on any atom is 0.308 e. The van der Waals surface area contributed by atoms with Crippen molar-refractivity contribution in [3.05, 3.63) is 59.4 Å². The Hall–Kier alpha value is -3.88. The van der Waals surface area contributed by atoms with Crippen LogP contribution in [0.4, 0.5) is 5.69 Å². The number of hydrogen-bond donors (Lipinski definition) is 2. The molecule has 2 N–H and O–H groups in total. The minimum absolute atomic E-state index is 0.0421. The lowest BCUT2D eigenvalue weighted by molar-refractivity contribution is -0.143. The molecule has 1 aromatic heterocycles. The highest BCUT2D eigenvalue weighted by molar-refractivity contribution is 5.96. The van der Waals surface area contributed by atoms with Crippen molar-refractivity contribution >= 4 is 34.5 Å². The number of fused-ring (bicyclic) bond motifs is 2. The number of amides is 2. The summed E-state index contributed by atoms with van der Waals surface area (Å²) in [5.74, 6) is 0.0819. The zero-order valence-corrected chi connectivity index (χ0v) is 21.3. The third-order valence-corrected chi connectivity index (χ3v) is 7.40. The predicted octanol–water partition coefficient (Wildman–Crippen LogP) is 3.85. The molecule has 9 nitrogen and oxygen atoms in total. The zero-order chi connectivity index (χ0) is 25.9. The standard InChI is InChI=1S/C28H33N5O4/c1-32-16-19-14-18(12-13-21(19)29-24(28(32)36)15-26(34)37-2)27(35)33(20-8-4-3-5-9-20)17-25-30-22-10-6-7-11-23(22)31-25/h6-7,10-14,20,24,29H,3-5,8-9,15-17H2,1-2H3,(H,30,31)/t24-/m0/s1. The molecule has 2 heterocycles. The summed E-state index contributed by atoms with van der Waals surface area (Å²) in [6.45, 7) is 0.750. The number of para-hydroxylation sites is 2. The topological polar surface area (TPSA) is 108 Å². The Labute approximate surface area is 216 Å². The number of anilines is 1. The van der Waals surface area contributed by atoms with Gasteiger partial charge in [-0.3, -0.25) is 14.4 Å². The van der Waals surface area contributed by atoms with Crippen molar-refractivity contribution in [2.75, 3.05) is 19.5 Å². The van der Waals surface area contributed by atoms with Crippen LogP contribution in [0, 0.1) is 0 Å². The quantitative estimate of drug-likeness (QED) is 0.495. The van der Waals surface area contributed by atoms with Crippen molar-refractivity contribution in [2.45, 2.75) is 63.7 Å². The van der Waals surface area contributed by atoms with E-state index in [1.165, 1.54) is 13.5 Å². The Morgan fingerprint density at radius 1 is 1.14 bits per heavy atom. The summed E-state index contributed by atoms with van der Waals surface area (Å²) in [4.78, 5) is 50.3. The second kappa shape index (κ2) is 10.6. The van der Waals surface area contributed by atoms with Gasteiger partial charge in [-0.15, -0.1) is 0 Å². The molecule has 1 aliphatic heterocycles. The molecule has 0 saturated heterocycles. The number of methoxy groups -OCH3 is 1. The molecule has 0 radical (unpaired) electrons. The van der Waals surface area contributed by atoms with Crippen molar-refractivity contribution < 1.29 is 19.1 Å². The van der Waals surface area contributed by atoms with Crippen LogP contribution in [0.15, 0.2) is 42.5 Å². The molecule has 2 aliphatic rings. The molecule has 0 unspecified atom stereocenters. The smallest absolute Gasteiger partial charge is 0.308 e. The summed E-state index contributed by atoms with van der Waals surface area (Å²) >= 11 is 0. The van der Waals surface area contributed by atoms with Gasteiger partial charge in [-0.05, 0) is 48.7 Å². The Bertz CT molecular complexity index is 1280. The minimum atomic E-state index is -0.716. The van der Waals surface area contributed by atoms with Crippen molar-refractivity contribution in [1.82, 2.24) is 19.8 Å². The van der Waals surface area contributed by atoms with E-state index in [-0.39, 0.29) is 24.3 Å². The van der Waals surface area contributed by atoms with E-state index in [2.05, 4.69) is 10.3 Å². The molecule has 1 aliphatic carbocycles. The van der Waals surface area contributed by atoms with E-state index >= 15 is 0 Å². The van der Waals surface area contributed by atoms with Gasteiger partial charge in [0.25, 0.3) is 5.91 Å². The number of hydrogen-bond acceptors (Lipinski definition) is 6. The molecule has 5 rings (SSSR count). The highest BCUT2D eigenvalue weighted by atomic mass is 16.5. The first kappa shape index (κ1) is 24.8. The summed E-state index contributed by atoms with van der Waals surface area (Å²) in [5.41, 5.74) is 4.00. The van der Waals surface area contributed by atoms with Crippen LogP contribution in [0.3, 0.4) is 0 Å². The van der Waals surface area contributed by atoms with Crippen LogP contribution >= 0.6 is 0 Å². The van der Waals surface area contributed by atoms with Crippen LogP contribution in [0.25, 0.3) is 11.0 Å². The van der Waals surface area contributed by atoms with Gasteiger partial charge in [0.05, 0.1) is 31.1 Å². The molecule has 37 heavy (non-hydrogen) atoms. The minimum Gasteiger partial charge on any atom is -0.469 e. The Balaban J connectivity index is 1.42. The fourth-order valence-electron chi connectivity index (χ4n) is 5.40. The van der Waals surface area contributed by atoms with Gasteiger partial charge in [0.1, 0.15) is 11.9 Å². The van der Waals surface area contributed by atoms with Crippen molar-refractivity contribution in [3.63, 3.8) is 0 Å². The van der Waals surface area contributed by atoms with Gasteiger partial charge < -0.3 is 24.8 Å². The number of likely N-dealkylation sites (N-methyl/N-ethyl adjacent to an activating group) is 1. The number of nitrogens with one attached hydrogen (secondary N) is 2. The number of benzene rings is 2. The van der Waals surface area contributed by atoms with Crippen molar-refractivity contribution in [2.24, 2.45) is 0 Å². The third-order valence-electron chi connectivity index (χ3n) is 7.40. The van der Waals surface area contributed by atoms with Crippen LogP contribution in [0.1, 0.15) is 60.3 Å². The lowest BCUT2D eigenvalue weighted by Gasteiger charge is -2.34. The maximum absolute atomic E-state index is 14.0. The van der Waals surface area contributed by atoms with Crippen LogP contribution in [-0.2, 0) is 27.4 Å². The van der Waals surface area contributed by atoms with Crippen LogP contribution < -0.4 is 5.32 Å². The van der Waals surface area contributed by atoms with Gasteiger partial charge in [0.2, 0.25) is 5.91 Å². The molecule has 1 saturated carbocycles. The van der Waals surface area contributed by atoms with Gasteiger partial charge in [-0.1, -0.05) is 31.4 Å². The monoisotopic (exact) mass is 503 g/mol. The lowest BCUT2D eigenvalue weighted by atomic mass is 9.93. The van der Waals surface area contributed by atoms with E-state index in [1.54, 1.807) is 18.0 Å². The van der Waals surface area contributed by atoms with Gasteiger partial charge in [-0.2, -0.15) is 0 Å². The number of aromatic nitrogens is 2. The molecule has 2 aromatic carbocycles. The van der Waals surface area contributed by atoms with Gasteiger partial charge >= 0.3 is 5.97 Å². The Kier molecular flexibility index (Phi) is 7.12. The maximum atomic E-state index is 14.0. The van der Waals surface area contributed by atoms with Crippen LogP contribution in [-0.4, -0.2) is 63.8 Å². The molecule has 1 atom stereocenters. The molecular weight excluding hydrogens is 470 g/mol. The van der Waals surface area contributed by atoms with E-state index in [1.807, 2.05) is 41.3 Å². The number of rotatable bonds is 6.